The number of carbonyl (C=O) groups excluding carboxylic acids is 1. The highest BCUT2D eigenvalue weighted by molar-refractivity contribution is 7.92. The average molecular weight is 589 g/mol. The van der Waals surface area contributed by atoms with Gasteiger partial charge in [-0.15, -0.1) is 0 Å². The van der Waals surface area contributed by atoms with Crippen molar-refractivity contribution in [3.05, 3.63) is 78.8 Å². The lowest BCUT2D eigenvalue weighted by molar-refractivity contribution is 0.0985. The van der Waals surface area contributed by atoms with Gasteiger partial charge in [0.2, 0.25) is 0 Å². The number of benzene rings is 1. The minimum absolute atomic E-state index is 0.0646. The van der Waals surface area contributed by atoms with Crippen LogP contribution in [0.2, 0.25) is 0 Å². The van der Waals surface area contributed by atoms with Crippen molar-refractivity contribution in [3.8, 4) is 11.4 Å². The van der Waals surface area contributed by atoms with Gasteiger partial charge in [-0.25, -0.2) is 28.2 Å². The van der Waals surface area contributed by atoms with Crippen molar-refractivity contribution in [1.29, 1.82) is 0 Å². The Bertz CT molecular complexity index is 1640. The van der Waals surface area contributed by atoms with E-state index in [0.717, 1.165) is 6.42 Å². The van der Waals surface area contributed by atoms with E-state index in [1.54, 1.807) is 36.7 Å². The van der Waals surface area contributed by atoms with E-state index < -0.39 is 14.6 Å². The van der Waals surface area contributed by atoms with E-state index in [0.29, 0.717) is 67.0 Å². The molecule has 0 spiro atoms. The number of aromatic amines is 1. The monoisotopic (exact) mass is 588 g/mol. The highest BCUT2D eigenvalue weighted by Gasteiger charge is 2.52. The molecule has 13 heteroatoms. The predicted octanol–water partition coefficient (Wildman–Crippen LogP) is 3.66. The number of ether oxygens (including phenoxy) is 1. The van der Waals surface area contributed by atoms with Crippen LogP contribution in [0.4, 0.5) is 16.3 Å². The van der Waals surface area contributed by atoms with E-state index >= 15 is 0 Å². The van der Waals surface area contributed by atoms with Gasteiger partial charge in [0.25, 0.3) is 0 Å². The topological polar surface area (TPSA) is 155 Å². The first-order chi connectivity index (χ1) is 20.4. The summed E-state index contributed by atoms with van der Waals surface area (Å²) >= 11 is 0. The first-order valence-electron chi connectivity index (χ1n) is 13.9. The number of hydrogen-bond acceptors (Lipinski definition) is 9. The molecule has 3 aromatic heterocycles. The molecule has 2 fully saturated rings. The summed E-state index contributed by atoms with van der Waals surface area (Å²) in [6.07, 6.45) is 8.05. The Morgan fingerprint density at radius 2 is 1.90 bits per heavy atom. The third-order valence-electron chi connectivity index (χ3n) is 7.85. The molecule has 4 heterocycles. The number of aromatic nitrogens is 5. The molecule has 2 aliphatic rings. The molecule has 218 valence electrons. The van der Waals surface area contributed by atoms with Crippen molar-refractivity contribution in [1.82, 2.24) is 30.2 Å². The second-order valence-electron chi connectivity index (χ2n) is 10.5. The largest absolute Gasteiger partial charge is 0.377 e. The number of hydrogen-bond donors (Lipinski definition) is 3. The Morgan fingerprint density at radius 1 is 1.12 bits per heavy atom. The molecule has 0 radical (unpaired) electrons. The van der Waals surface area contributed by atoms with Crippen LogP contribution >= 0.6 is 0 Å². The van der Waals surface area contributed by atoms with Crippen molar-refractivity contribution < 1.29 is 17.9 Å². The summed E-state index contributed by atoms with van der Waals surface area (Å²) in [5, 5.41) is 5.55. The predicted molar refractivity (Wildman–Crippen MR) is 156 cm³/mol. The molecule has 2 amide bonds. The second-order valence-corrected chi connectivity index (χ2v) is 12.8. The number of morpholine rings is 1. The maximum Gasteiger partial charge on any atom is 0.319 e. The maximum atomic E-state index is 14.0. The quantitative estimate of drug-likeness (QED) is 0.280. The zero-order valence-corrected chi connectivity index (χ0v) is 24.0. The van der Waals surface area contributed by atoms with Gasteiger partial charge in [-0.2, -0.15) is 0 Å². The summed E-state index contributed by atoms with van der Waals surface area (Å²) in [5.74, 6) is 1.74. The molecule has 0 bridgehead atoms. The zero-order valence-electron chi connectivity index (χ0n) is 23.2. The highest BCUT2D eigenvalue weighted by Crippen LogP contribution is 2.51. The lowest BCUT2D eigenvalue weighted by Crippen LogP contribution is -2.46. The van der Waals surface area contributed by atoms with Gasteiger partial charge in [0.15, 0.2) is 15.7 Å². The van der Waals surface area contributed by atoms with E-state index in [-0.39, 0.29) is 23.5 Å². The molecular weight excluding hydrogens is 556 g/mol. The number of pyridine rings is 1. The lowest BCUT2D eigenvalue weighted by atomic mass is 9.81. The summed E-state index contributed by atoms with van der Waals surface area (Å²) in [4.78, 5) is 35.5. The maximum absolute atomic E-state index is 14.0. The number of H-pyrrole nitrogens is 1. The third kappa shape index (κ3) is 5.32. The molecule has 0 unspecified atom stereocenters. The van der Waals surface area contributed by atoms with Crippen LogP contribution in [-0.4, -0.2) is 65.2 Å². The molecule has 1 atom stereocenters. The molecule has 1 aromatic carbocycles. The Kier molecular flexibility index (Phi) is 7.60. The molecule has 42 heavy (non-hydrogen) atoms. The van der Waals surface area contributed by atoms with E-state index in [4.69, 9.17) is 14.7 Å². The van der Waals surface area contributed by atoms with Crippen molar-refractivity contribution in [2.45, 2.75) is 48.4 Å². The Labute approximate surface area is 243 Å². The van der Waals surface area contributed by atoms with Gasteiger partial charge in [-0.05, 0) is 62.6 Å². The van der Waals surface area contributed by atoms with Crippen LogP contribution in [-0.2, 0) is 25.9 Å². The lowest BCUT2D eigenvalue weighted by Gasteiger charge is -2.41. The van der Waals surface area contributed by atoms with E-state index in [2.05, 4.69) is 37.4 Å². The zero-order chi connectivity index (χ0) is 29.2. The van der Waals surface area contributed by atoms with Crippen molar-refractivity contribution in [2.24, 2.45) is 0 Å². The van der Waals surface area contributed by atoms with Crippen LogP contribution < -0.4 is 15.5 Å². The van der Waals surface area contributed by atoms with Crippen LogP contribution in [0.5, 0.6) is 0 Å². The number of urea groups is 1. The normalized spacial score (nSPS) is 18.2. The number of anilines is 2. The fourth-order valence-corrected chi connectivity index (χ4v) is 7.49. The number of sulfone groups is 1. The molecule has 1 saturated carbocycles. The smallest absolute Gasteiger partial charge is 0.319 e. The summed E-state index contributed by atoms with van der Waals surface area (Å²) in [6.45, 7) is 4.08. The molecule has 1 aliphatic heterocycles. The molecular formula is C29H32N8O4S. The molecule has 1 saturated heterocycles. The van der Waals surface area contributed by atoms with E-state index in [1.807, 2.05) is 18.2 Å². The first-order valence-corrected chi connectivity index (χ1v) is 15.4. The molecule has 6 rings (SSSR count). The summed E-state index contributed by atoms with van der Waals surface area (Å²) in [6, 6.07) is 11.8. The van der Waals surface area contributed by atoms with Crippen molar-refractivity contribution >= 4 is 27.4 Å². The summed E-state index contributed by atoms with van der Waals surface area (Å²) < 4.78 is 32.6. The highest BCUT2D eigenvalue weighted by atomic mass is 32.2. The van der Waals surface area contributed by atoms with Gasteiger partial charge in [-0.3, -0.25) is 4.98 Å². The number of nitrogens with zero attached hydrogens (tertiary/aromatic N) is 5. The molecule has 1 aliphatic carbocycles. The fourth-order valence-electron chi connectivity index (χ4n) is 5.35. The van der Waals surface area contributed by atoms with Crippen LogP contribution in [0.25, 0.3) is 11.4 Å². The minimum atomic E-state index is -3.75. The summed E-state index contributed by atoms with van der Waals surface area (Å²) in [5.41, 5.74) is 1.78. The summed E-state index contributed by atoms with van der Waals surface area (Å²) in [7, 11) is -3.75. The molecule has 4 aromatic rings. The van der Waals surface area contributed by atoms with Crippen LogP contribution in [0.3, 0.4) is 0 Å². The third-order valence-corrected chi connectivity index (χ3v) is 10.4. The number of amides is 2. The van der Waals surface area contributed by atoms with Gasteiger partial charge in [0, 0.05) is 48.6 Å². The van der Waals surface area contributed by atoms with Gasteiger partial charge in [0.05, 0.1) is 36.4 Å². The van der Waals surface area contributed by atoms with Gasteiger partial charge >= 0.3 is 6.03 Å². The number of nitrogens with one attached hydrogen (secondary N) is 3. The minimum Gasteiger partial charge on any atom is -0.377 e. The Hall–Kier alpha value is -4.36. The van der Waals surface area contributed by atoms with Crippen molar-refractivity contribution in [3.63, 3.8) is 0 Å². The SMILES string of the molecule is C[C@H]1COCCN1c1cc(C2(S(=O)(=O)c3ccncc3)CCC2)nc(-c2ccc(NC(=O)NCc3ncc[nH]3)cc2)n1. The van der Waals surface area contributed by atoms with Gasteiger partial charge in [0.1, 0.15) is 16.4 Å². The Morgan fingerprint density at radius 3 is 2.57 bits per heavy atom. The standard InChI is InChI=1S/C29H32N8O4S/c1-20-19-41-16-15-37(20)26-17-24(29(9-2-10-29)42(39,40)23-7-11-30-12-8-23)35-27(36-26)21-3-5-22(6-4-21)34-28(38)33-18-25-31-13-14-32-25/h3-8,11-14,17,20H,2,9-10,15-16,18-19H2,1H3,(H,31,32)(H2,33,34,38)/t20-/m0/s1. The van der Waals surface area contributed by atoms with E-state index in [9.17, 15) is 13.2 Å². The van der Waals surface area contributed by atoms with Crippen LogP contribution in [0.1, 0.15) is 37.7 Å². The van der Waals surface area contributed by atoms with Crippen LogP contribution in [0.15, 0.2) is 72.1 Å². The Balaban J connectivity index is 1.33. The first kappa shape index (κ1) is 27.8. The van der Waals surface area contributed by atoms with E-state index in [1.165, 1.54) is 12.4 Å². The molecule has 12 nitrogen and oxygen atoms in total. The van der Waals surface area contributed by atoms with Gasteiger partial charge < -0.3 is 25.3 Å². The van der Waals surface area contributed by atoms with Crippen molar-refractivity contribution in [2.75, 3.05) is 30.0 Å². The average Bonchev–Trinajstić information content (AvgIpc) is 3.50. The van der Waals surface area contributed by atoms with Gasteiger partial charge in [-0.1, -0.05) is 0 Å². The fraction of sp³-hybridized carbons (Fsp3) is 0.345. The number of imidazole rings is 1. The van der Waals surface area contributed by atoms with Crippen LogP contribution in [0, 0.1) is 0 Å². The second kappa shape index (κ2) is 11.5. The number of rotatable bonds is 8. The molecule has 3 N–H and O–H groups in total. The number of carbonyl (C=O) groups is 1.